The van der Waals surface area contributed by atoms with E-state index < -0.39 is 12.0 Å². The lowest BCUT2D eigenvalue weighted by Gasteiger charge is -2.39. The zero-order valence-electron chi connectivity index (χ0n) is 17.4. The highest BCUT2D eigenvalue weighted by Crippen LogP contribution is 2.45. The third kappa shape index (κ3) is 3.89. The number of ether oxygens (including phenoxy) is 4. The first-order valence-electron chi connectivity index (χ1n) is 9.29. The van der Waals surface area contributed by atoms with Crippen molar-refractivity contribution < 1.29 is 28.5 Å². The normalized spacial score (nSPS) is 18.4. The Morgan fingerprint density at radius 1 is 1.27 bits per heavy atom. The molecule has 1 fully saturated rings. The molecule has 9 heteroatoms. The molecule has 3 rings (SSSR count). The summed E-state index contributed by atoms with van der Waals surface area (Å²) >= 11 is 1.48. The van der Waals surface area contributed by atoms with Crippen molar-refractivity contribution in [3.63, 3.8) is 0 Å². The molecule has 160 valence electrons. The van der Waals surface area contributed by atoms with Crippen molar-refractivity contribution in [1.82, 2.24) is 4.90 Å². The molecule has 2 aliphatic heterocycles. The number of carbonyl (C=O) groups is 2. The molecule has 1 atom stereocenters. The predicted molar refractivity (Wildman–Crippen MR) is 114 cm³/mol. The SMILES string of the molecule is C=CCOC(=O)C1=C(C)N=C2SCCC(=O)N2C1c1cc(OC)c(OC)c(OC)c1. The van der Waals surface area contributed by atoms with Gasteiger partial charge in [0.15, 0.2) is 16.7 Å². The van der Waals surface area contributed by atoms with Gasteiger partial charge in [0, 0.05) is 12.2 Å². The smallest absolute Gasteiger partial charge is 0.338 e. The number of benzene rings is 1. The van der Waals surface area contributed by atoms with E-state index in [1.54, 1.807) is 24.0 Å². The third-order valence-electron chi connectivity index (χ3n) is 4.76. The Morgan fingerprint density at radius 3 is 2.50 bits per heavy atom. The number of esters is 1. The Balaban J connectivity index is 2.21. The van der Waals surface area contributed by atoms with Crippen LogP contribution in [0.5, 0.6) is 17.2 Å². The van der Waals surface area contributed by atoms with E-state index in [4.69, 9.17) is 18.9 Å². The summed E-state index contributed by atoms with van der Waals surface area (Å²) in [5.41, 5.74) is 1.40. The first kappa shape index (κ1) is 21.8. The van der Waals surface area contributed by atoms with Crippen LogP contribution in [0.25, 0.3) is 0 Å². The van der Waals surface area contributed by atoms with E-state index in [1.807, 2.05) is 0 Å². The second kappa shape index (κ2) is 9.25. The lowest BCUT2D eigenvalue weighted by Crippen LogP contribution is -2.45. The van der Waals surface area contributed by atoms with Crippen LogP contribution in [0.2, 0.25) is 0 Å². The third-order valence-corrected chi connectivity index (χ3v) is 5.72. The highest BCUT2D eigenvalue weighted by molar-refractivity contribution is 8.14. The van der Waals surface area contributed by atoms with Crippen LogP contribution < -0.4 is 14.2 Å². The van der Waals surface area contributed by atoms with Gasteiger partial charge in [0.2, 0.25) is 11.7 Å². The van der Waals surface area contributed by atoms with Gasteiger partial charge in [-0.2, -0.15) is 0 Å². The first-order chi connectivity index (χ1) is 14.5. The van der Waals surface area contributed by atoms with E-state index >= 15 is 0 Å². The van der Waals surface area contributed by atoms with Gasteiger partial charge in [0.05, 0.1) is 38.6 Å². The number of hydrogen-bond donors (Lipinski definition) is 0. The number of thioether (sulfide) groups is 1. The van der Waals surface area contributed by atoms with Crippen molar-refractivity contribution in [2.75, 3.05) is 33.7 Å². The largest absolute Gasteiger partial charge is 0.493 e. The molecule has 0 aliphatic carbocycles. The van der Waals surface area contributed by atoms with Crippen molar-refractivity contribution >= 4 is 28.8 Å². The summed E-state index contributed by atoms with van der Waals surface area (Å²) in [6.45, 7) is 5.37. The van der Waals surface area contributed by atoms with Crippen molar-refractivity contribution in [3.8, 4) is 17.2 Å². The molecule has 0 bridgehead atoms. The number of rotatable bonds is 7. The Labute approximate surface area is 179 Å². The van der Waals surface area contributed by atoms with Crippen molar-refractivity contribution in [1.29, 1.82) is 0 Å². The molecule has 8 nitrogen and oxygen atoms in total. The molecule has 0 radical (unpaired) electrons. The second-order valence-corrected chi connectivity index (χ2v) is 7.57. The molecule has 2 heterocycles. The molecule has 30 heavy (non-hydrogen) atoms. The second-order valence-electron chi connectivity index (χ2n) is 6.50. The highest BCUT2D eigenvalue weighted by Gasteiger charge is 2.42. The van der Waals surface area contributed by atoms with Gasteiger partial charge in [-0.3, -0.25) is 9.69 Å². The number of nitrogens with zero attached hydrogens (tertiary/aromatic N) is 2. The van der Waals surface area contributed by atoms with E-state index in [2.05, 4.69) is 11.6 Å². The predicted octanol–water partition coefficient (Wildman–Crippen LogP) is 3.09. The van der Waals surface area contributed by atoms with E-state index in [0.29, 0.717) is 45.9 Å². The fourth-order valence-electron chi connectivity index (χ4n) is 3.44. The molecule has 1 amide bonds. The summed E-state index contributed by atoms with van der Waals surface area (Å²) in [5.74, 6) is 1.22. The number of hydrogen-bond acceptors (Lipinski definition) is 8. The maximum absolute atomic E-state index is 12.9. The average Bonchev–Trinajstić information content (AvgIpc) is 2.75. The standard InChI is InChI=1S/C21H24N2O6S/c1-6-8-29-20(25)17-12(2)22-21-23(16(24)7-9-30-21)18(17)13-10-14(26-3)19(28-5)15(11-13)27-4/h6,10-11,18H,1,7-9H2,2-5H3. The molecule has 0 aromatic heterocycles. The zero-order valence-corrected chi connectivity index (χ0v) is 18.2. The van der Waals surface area contributed by atoms with E-state index in [-0.39, 0.29) is 18.1 Å². The van der Waals surface area contributed by atoms with Gasteiger partial charge in [-0.15, -0.1) is 0 Å². The molecular weight excluding hydrogens is 408 g/mol. The minimum absolute atomic E-state index is 0.0524. The number of amides is 1. The van der Waals surface area contributed by atoms with E-state index in [9.17, 15) is 9.59 Å². The number of methoxy groups -OCH3 is 3. The van der Waals surface area contributed by atoms with Crippen LogP contribution in [0.15, 0.2) is 41.1 Å². The molecule has 1 saturated heterocycles. The minimum Gasteiger partial charge on any atom is -0.493 e. The van der Waals surface area contributed by atoms with Crippen LogP contribution in [0.3, 0.4) is 0 Å². The first-order valence-corrected chi connectivity index (χ1v) is 10.3. The molecule has 1 aromatic rings. The summed E-state index contributed by atoms with van der Waals surface area (Å²) < 4.78 is 21.7. The van der Waals surface area contributed by atoms with Crippen LogP contribution >= 0.6 is 11.8 Å². The number of allylic oxidation sites excluding steroid dienone is 1. The molecule has 1 unspecified atom stereocenters. The summed E-state index contributed by atoms with van der Waals surface area (Å²) in [7, 11) is 4.53. The van der Waals surface area contributed by atoms with Crippen LogP contribution in [0.1, 0.15) is 24.9 Å². The van der Waals surface area contributed by atoms with Gasteiger partial charge < -0.3 is 18.9 Å². The zero-order chi connectivity index (χ0) is 21.8. The van der Waals surface area contributed by atoms with E-state index in [1.165, 1.54) is 39.2 Å². The Bertz CT molecular complexity index is 914. The summed E-state index contributed by atoms with van der Waals surface area (Å²) in [4.78, 5) is 31.9. The summed E-state index contributed by atoms with van der Waals surface area (Å²) in [6.07, 6.45) is 1.83. The average molecular weight is 432 g/mol. The van der Waals surface area contributed by atoms with Gasteiger partial charge in [-0.05, 0) is 24.6 Å². The van der Waals surface area contributed by atoms with Gasteiger partial charge >= 0.3 is 5.97 Å². The quantitative estimate of drug-likeness (QED) is 0.483. The van der Waals surface area contributed by atoms with Crippen LogP contribution in [0, 0.1) is 0 Å². The number of aliphatic imine (C=N–C) groups is 1. The van der Waals surface area contributed by atoms with Crippen LogP contribution in [-0.2, 0) is 14.3 Å². The fourth-order valence-corrected chi connectivity index (χ4v) is 4.45. The van der Waals surface area contributed by atoms with Crippen molar-refractivity contribution in [2.45, 2.75) is 19.4 Å². The van der Waals surface area contributed by atoms with Gasteiger partial charge in [-0.25, -0.2) is 9.79 Å². The summed E-state index contributed by atoms with van der Waals surface area (Å²) in [6, 6.07) is 2.73. The maximum atomic E-state index is 12.9. The van der Waals surface area contributed by atoms with Gasteiger partial charge in [0.1, 0.15) is 6.61 Å². The van der Waals surface area contributed by atoms with Crippen LogP contribution in [-0.4, -0.2) is 55.6 Å². The van der Waals surface area contributed by atoms with Crippen molar-refractivity contribution in [2.24, 2.45) is 4.99 Å². The fraction of sp³-hybridized carbons (Fsp3) is 0.381. The highest BCUT2D eigenvalue weighted by atomic mass is 32.2. The minimum atomic E-state index is -0.733. The Morgan fingerprint density at radius 2 is 1.93 bits per heavy atom. The Kier molecular flexibility index (Phi) is 6.71. The number of fused-ring (bicyclic) bond motifs is 1. The molecule has 0 N–H and O–H groups in total. The topological polar surface area (TPSA) is 86.7 Å². The van der Waals surface area contributed by atoms with Gasteiger partial charge in [-0.1, -0.05) is 24.4 Å². The van der Waals surface area contributed by atoms with E-state index in [0.717, 1.165) is 0 Å². The number of amidine groups is 1. The molecule has 0 saturated carbocycles. The lowest BCUT2D eigenvalue weighted by atomic mass is 9.93. The lowest BCUT2D eigenvalue weighted by molar-refractivity contribution is -0.139. The van der Waals surface area contributed by atoms with Crippen LogP contribution in [0.4, 0.5) is 0 Å². The summed E-state index contributed by atoms with van der Waals surface area (Å²) in [5, 5.41) is 0.558. The van der Waals surface area contributed by atoms with Crippen molar-refractivity contribution in [3.05, 3.63) is 41.6 Å². The molecule has 2 aliphatic rings. The monoisotopic (exact) mass is 432 g/mol. The molecule has 1 aromatic carbocycles. The Hall–Kier alpha value is -2.94. The molecular formula is C21H24N2O6S. The maximum Gasteiger partial charge on any atom is 0.338 e. The molecule has 0 spiro atoms. The number of carbonyl (C=O) groups excluding carboxylic acids is 2. The van der Waals surface area contributed by atoms with Gasteiger partial charge in [0.25, 0.3) is 0 Å².